The lowest BCUT2D eigenvalue weighted by atomic mass is 10.0. The van der Waals surface area contributed by atoms with Crippen LogP contribution in [0.4, 0.5) is 4.79 Å². The zero-order valence-electron chi connectivity index (χ0n) is 10.6. The molecular weight excluding hydrogens is 202 g/mol. The Morgan fingerprint density at radius 2 is 2.19 bits per heavy atom. The van der Waals surface area contributed by atoms with E-state index >= 15 is 0 Å². The number of hydrogen-bond acceptors (Lipinski definition) is 2. The highest BCUT2D eigenvalue weighted by Gasteiger charge is 2.36. The first-order chi connectivity index (χ1) is 7.35. The molecule has 0 aromatic heterocycles. The minimum Gasteiger partial charge on any atom is -0.444 e. The molecule has 1 aliphatic rings. The summed E-state index contributed by atoms with van der Waals surface area (Å²) in [5.74, 6) is 3.10. The number of amides is 1. The van der Waals surface area contributed by atoms with E-state index in [2.05, 4.69) is 12.8 Å². The third-order valence-corrected chi connectivity index (χ3v) is 2.84. The largest absolute Gasteiger partial charge is 0.444 e. The molecule has 0 saturated carbocycles. The maximum atomic E-state index is 11.9. The van der Waals surface area contributed by atoms with Crippen LogP contribution in [0.2, 0.25) is 0 Å². The van der Waals surface area contributed by atoms with E-state index in [1.807, 2.05) is 20.8 Å². The summed E-state index contributed by atoms with van der Waals surface area (Å²) >= 11 is 0. The van der Waals surface area contributed by atoms with Gasteiger partial charge in [-0.05, 0) is 33.1 Å². The van der Waals surface area contributed by atoms with Crippen LogP contribution in [-0.4, -0.2) is 29.2 Å². The number of terminal acetylenes is 1. The Hall–Kier alpha value is -1.17. The number of carbonyl (C=O) groups excluding carboxylic acids is 1. The Kier molecular flexibility index (Phi) is 3.85. The molecule has 0 spiro atoms. The Bertz CT molecular complexity index is 298. The van der Waals surface area contributed by atoms with E-state index in [1.165, 1.54) is 0 Å². The van der Waals surface area contributed by atoms with Crippen molar-refractivity contribution in [1.29, 1.82) is 0 Å². The molecule has 16 heavy (non-hydrogen) atoms. The number of nitrogens with zero attached hydrogens (tertiary/aromatic N) is 1. The first kappa shape index (κ1) is 12.9. The summed E-state index contributed by atoms with van der Waals surface area (Å²) in [7, 11) is 0. The normalized spacial score (nSPS) is 25.3. The minimum absolute atomic E-state index is 0.139. The molecule has 1 amide bonds. The first-order valence-electron chi connectivity index (χ1n) is 5.78. The Balaban J connectivity index is 2.66. The van der Waals surface area contributed by atoms with Gasteiger partial charge in [-0.15, -0.1) is 12.3 Å². The molecule has 0 N–H and O–H groups in total. The lowest BCUT2D eigenvalue weighted by Gasteiger charge is -2.29. The van der Waals surface area contributed by atoms with Gasteiger partial charge in [0.2, 0.25) is 0 Å². The molecule has 1 aliphatic heterocycles. The average Bonchev–Trinajstić information content (AvgIpc) is 2.46. The molecule has 0 aliphatic carbocycles. The van der Waals surface area contributed by atoms with Crippen LogP contribution >= 0.6 is 0 Å². The van der Waals surface area contributed by atoms with E-state index in [0.29, 0.717) is 12.3 Å². The summed E-state index contributed by atoms with van der Waals surface area (Å²) in [5.41, 5.74) is -0.441. The molecule has 1 saturated heterocycles. The van der Waals surface area contributed by atoms with Gasteiger partial charge in [-0.3, -0.25) is 0 Å². The van der Waals surface area contributed by atoms with E-state index in [9.17, 15) is 4.79 Å². The molecule has 2 atom stereocenters. The zero-order valence-corrected chi connectivity index (χ0v) is 10.6. The highest BCUT2D eigenvalue weighted by molar-refractivity contribution is 5.69. The third-order valence-electron chi connectivity index (χ3n) is 2.84. The van der Waals surface area contributed by atoms with Crippen LogP contribution in [-0.2, 0) is 4.74 Å². The zero-order chi connectivity index (χ0) is 12.3. The van der Waals surface area contributed by atoms with Crippen molar-refractivity contribution in [1.82, 2.24) is 4.90 Å². The molecule has 3 heteroatoms. The van der Waals surface area contributed by atoms with E-state index < -0.39 is 5.60 Å². The molecular formula is C13H21NO2. The van der Waals surface area contributed by atoms with Gasteiger partial charge < -0.3 is 9.64 Å². The number of hydrogen-bond donors (Lipinski definition) is 0. The number of rotatable bonds is 1. The molecule has 90 valence electrons. The highest BCUT2D eigenvalue weighted by atomic mass is 16.6. The second-order valence-electron chi connectivity index (χ2n) is 5.42. The lowest BCUT2D eigenvalue weighted by Crippen LogP contribution is -2.40. The Labute approximate surface area is 98.1 Å². The van der Waals surface area contributed by atoms with Crippen molar-refractivity contribution in [2.45, 2.75) is 52.2 Å². The van der Waals surface area contributed by atoms with Gasteiger partial charge in [0, 0.05) is 19.0 Å². The minimum atomic E-state index is -0.441. The summed E-state index contributed by atoms with van der Waals surface area (Å²) in [6, 6.07) is 0.139. The van der Waals surface area contributed by atoms with Crippen LogP contribution in [0, 0.1) is 18.3 Å². The number of likely N-dealkylation sites (tertiary alicyclic amines) is 1. The van der Waals surface area contributed by atoms with Crippen LogP contribution in [0.25, 0.3) is 0 Å². The van der Waals surface area contributed by atoms with Crippen molar-refractivity contribution >= 4 is 6.09 Å². The number of ether oxygens (including phenoxy) is 1. The number of carbonyl (C=O) groups is 1. The molecule has 0 aromatic rings. The Morgan fingerprint density at radius 1 is 1.56 bits per heavy atom. The third kappa shape index (κ3) is 3.16. The molecule has 0 radical (unpaired) electrons. The second-order valence-corrected chi connectivity index (χ2v) is 5.42. The Morgan fingerprint density at radius 3 is 2.69 bits per heavy atom. The predicted molar refractivity (Wildman–Crippen MR) is 64.0 cm³/mol. The van der Waals surface area contributed by atoms with Gasteiger partial charge in [-0.2, -0.15) is 0 Å². The van der Waals surface area contributed by atoms with E-state index in [4.69, 9.17) is 11.2 Å². The van der Waals surface area contributed by atoms with E-state index in [-0.39, 0.29) is 12.1 Å². The van der Waals surface area contributed by atoms with Crippen molar-refractivity contribution in [3.05, 3.63) is 0 Å². The smallest absolute Gasteiger partial charge is 0.410 e. The van der Waals surface area contributed by atoms with Gasteiger partial charge in [0.1, 0.15) is 5.60 Å². The first-order valence-corrected chi connectivity index (χ1v) is 5.78. The second kappa shape index (κ2) is 4.78. The van der Waals surface area contributed by atoms with Crippen LogP contribution in [0.3, 0.4) is 0 Å². The summed E-state index contributed by atoms with van der Waals surface area (Å²) in [4.78, 5) is 13.7. The van der Waals surface area contributed by atoms with Gasteiger partial charge in [0.15, 0.2) is 0 Å². The molecule has 0 bridgehead atoms. The van der Waals surface area contributed by atoms with Gasteiger partial charge >= 0.3 is 6.09 Å². The van der Waals surface area contributed by atoms with Crippen molar-refractivity contribution in [3.63, 3.8) is 0 Å². The quantitative estimate of drug-likeness (QED) is 0.640. The van der Waals surface area contributed by atoms with Gasteiger partial charge in [-0.1, -0.05) is 6.92 Å². The van der Waals surface area contributed by atoms with Crippen LogP contribution in [0.5, 0.6) is 0 Å². The standard InChI is InChI=1S/C13H21NO2/c1-6-7-11-10(2)8-9-14(11)12(15)16-13(3,4)5/h1,10-11H,7-9H2,2-5H3/t10-,11+/m0/s1. The van der Waals surface area contributed by atoms with Crippen molar-refractivity contribution in [2.75, 3.05) is 6.54 Å². The lowest BCUT2D eigenvalue weighted by molar-refractivity contribution is 0.0215. The molecule has 3 nitrogen and oxygen atoms in total. The summed E-state index contributed by atoms with van der Waals surface area (Å²) < 4.78 is 5.36. The molecule has 0 unspecified atom stereocenters. The van der Waals surface area contributed by atoms with E-state index in [0.717, 1.165) is 13.0 Å². The molecule has 0 aromatic carbocycles. The van der Waals surface area contributed by atoms with Crippen LogP contribution in [0.1, 0.15) is 40.5 Å². The average molecular weight is 223 g/mol. The maximum absolute atomic E-state index is 11.9. The van der Waals surface area contributed by atoms with Crippen molar-refractivity contribution < 1.29 is 9.53 Å². The maximum Gasteiger partial charge on any atom is 0.410 e. The van der Waals surface area contributed by atoms with Crippen LogP contribution in [0.15, 0.2) is 0 Å². The fraction of sp³-hybridized carbons (Fsp3) is 0.769. The monoisotopic (exact) mass is 223 g/mol. The SMILES string of the molecule is C#CC[C@@H]1[C@@H](C)CCN1C(=O)OC(C)(C)C. The summed E-state index contributed by atoms with van der Waals surface area (Å²) in [6.45, 7) is 8.51. The highest BCUT2D eigenvalue weighted by Crippen LogP contribution is 2.27. The fourth-order valence-corrected chi connectivity index (χ4v) is 1.99. The van der Waals surface area contributed by atoms with Gasteiger partial charge in [-0.25, -0.2) is 4.79 Å². The van der Waals surface area contributed by atoms with E-state index in [1.54, 1.807) is 4.90 Å². The molecule has 1 heterocycles. The molecule has 1 rings (SSSR count). The van der Waals surface area contributed by atoms with Gasteiger partial charge in [0.25, 0.3) is 0 Å². The van der Waals surface area contributed by atoms with Crippen molar-refractivity contribution in [2.24, 2.45) is 5.92 Å². The van der Waals surface area contributed by atoms with Gasteiger partial charge in [0.05, 0.1) is 0 Å². The fourth-order valence-electron chi connectivity index (χ4n) is 1.99. The van der Waals surface area contributed by atoms with Crippen LogP contribution < -0.4 is 0 Å². The summed E-state index contributed by atoms with van der Waals surface area (Å²) in [6.07, 6.45) is 6.71. The molecule has 1 fully saturated rings. The summed E-state index contributed by atoms with van der Waals surface area (Å²) in [5, 5.41) is 0. The predicted octanol–water partition coefficient (Wildman–Crippen LogP) is 2.66. The topological polar surface area (TPSA) is 29.5 Å². The van der Waals surface area contributed by atoms with Crippen molar-refractivity contribution in [3.8, 4) is 12.3 Å².